The third kappa shape index (κ3) is 4.73. The standard InChI is InChI=1S/C13H16Cl3N5OS/c14-7-9(17)8(15)11(16)19-10(7)12(22)20-21-13(23)18-6-4-2-1-3-5-6/h6H,1-5H2,(H2,17,19)(H,20,22)(H2,18,21,23). The normalized spacial score (nSPS) is 15.1. The zero-order valence-electron chi connectivity index (χ0n) is 12.1. The molecule has 0 atom stereocenters. The van der Waals surface area contributed by atoms with E-state index < -0.39 is 5.91 Å². The van der Waals surface area contributed by atoms with Gasteiger partial charge in [0.2, 0.25) is 0 Å². The summed E-state index contributed by atoms with van der Waals surface area (Å²) < 4.78 is 0. The van der Waals surface area contributed by atoms with E-state index in [9.17, 15) is 4.79 Å². The minimum Gasteiger partial charge on any atom is -0.396 e. The first-order chi connectivity index (χ1) is 10.9. The van der Waals surface area contributed by atoms with Gasteiger partial charge in [0.15, 0.2) is 16.0 Å². The lowest BCUT2D eigenvalue weighted by Crippen LogP contribution is -2.50. The second-order valence-corrected chi connectivity index (χ2v) is 6.70. The number of nitrogens with two attached hydrogens (primary N) is 1. The number of thiocarbonyl (C=S) groups is 1. The molecule has 1 aromatic rings. The van der Waals surface area contributed by atoms with Crippen molar-refractivity contribution in [2.45, 2.75) is 38.1 Å². The summed E-state index contributed by atoms with van der Waals surface area (Å²) >= 11 is 22.7. The quantitative estimate of drug-likeness (QED) is 0.349. The van der Waals surface area contributed by atoms with Crippen LogP contribution in [-0.4, -0.2) is 22.0 Å². The van der Waals surface area contributed by atoms with E-state index in [2.05, 4.69) is 21.2 Å². The third-order valence-electron chi connectivity index (χ3n) is 3.52. The van der Waals surface area contributed by atoms with Gasteiger partial charge in [-0.25, -0.2) is 4.98 Å². The average Bonchev–Trinajstić information content (AvgIpc) is 2.55. The Morgan fingerprint density at radius 2 is 1.78 bits per heavy atom. The molecule has 5 N–H and O–H groups in total. The SMILES string of the molecule is Nc1c(Cl)c(Cl)nc(C(=O)NNC(=S)NC2CCCCC2)c1Cl. The Bertz CT molecular complexity index is 622. The highest BCUT2D eigenvalue weighted by Gasteiger charge is 2.20. The number of carbonyl (C=O) groups excluding carboxylic acids is 1. The van der Waals surface area contributed by atoms with E-state index in [1.807, 2.05) is 0 Å². The van der Waals surface area contributed by atoms with Crippen LogP contribution in [0.15, 0.2) is 0 Å². The Hall–Kier alpha value is -1.02. The van der Waals surface area contributed by atoms with Crippen LogP contribution in [0.1, 0.15) is 42.6 Å². The first kappa shape index (κ1) is 18.3. The van der Waals surface area contributed by atoms with Gasteiger partial charge in [0.05, 0.1) is 10.7 Å². The number of hydrogen-bond donors (Lipinski definition) is 4. The van der Waals surface area contributed by atoms with E-state index in [0.29, 0.717) is 11.2 Å². The third-order valence-corrected chi connectivity index (χ3v) is 4.87. The van der Waals surface area contributed by atoms with Crippen molar-refractivity contribution in [1.82, 2.24) is 21.2 Å². The lowest BCUT2D eigenvalue weighted by molar-refractivity contribution is 0.0938. The molecule has 1 aliphatic carbocycles. The number of hydrazine groups is 1. The fourth-order valence-corrected chi connectivity index (χ4v) is 3.13. The summed E-state index contributed by atoms with van der Waals surface area (Å²) in [5, 5.41) is 3.33. The van der Waals surface area contributed by atoms with Gasteiger partial charge in [-0.3, -0.25) is 15.6 Å². The highest BCUT2D eigenvalue weighted by molar-refractivity contribution is 7.80. The largest absolute Gasteiger partial charge is 0.396 e. The topological polar surface area (TPSA) is 92.1 Å². The summed E-state index contributed by atoms with van der Waals surface area (Å²) in [6.45, 7) is 0. The summed E-state index contributed by atoms with van der Waals surface area (Å²) in [6.07, 6.45) is 5.72. The number of aromatic nitrogens is 1. The molecule has 6 nitrogen and oxygen atoms in total. The molecule has 0 unspecified atom stereocenters. The van der Waals surface area contributed by atoms with E-state index in [4.69, 9.17) is 52.8 Å². The molecular formula is C13H16Cl3N5OS. The molecule has 126 valence electrons. The van der Waals surface area contributed by atoms with Crippen molar-refractivity contribution >= 4 is 63.7 Å². The maximum atomic E-state index is 12.1. The van der Waals surface area contributed by atoms with Crippen molar-refractivity contribution in [3.63, 3.8) is 0 Å². The van der Waals surface area contributed by atoms with Gasteiger partial charge in [0, 0.05) is 6.04 Å². The van der Waals surface area contributed by atoms with Crippen LogP contribution in [0.25, 0.3) is 0 Å². The lowest BCUT2D eigenvalue weighted by Gasteiger charge is -2.24. The second-order valence-electron chi connectivity index (χ2n) is 5.18. The van der Waals surface area contributed by atoms with Gasteiger partial charge in [-0.15, -0.1) is 0 Å². The van der Waals surface area contributed by atoms with Gasteiger partial charge >= 0.3 is 0 Å². The Kier molecular flexibility index (Phi) is 6.52. The Balaban J connectivity index is 1.93. The maximum Gasteiger partial charge on any atom is 0.289 e. The second kappa shape index (κ2) is 8.19. The van der Waals surface area contributed by atoms with Gasteiger partial charge in [0.25, 0.3) is 5.91 Å². The van der Waals surface area contributed by atoms with Crippen molar-refractivity contribution in [2.24, 2.45) is 0 Å². The van der Waals surface area contributed by atoms with Gasteiger partial charge in [0.1, 0.15) is 5.02 Å². The van der Waals surface area contributed by atoms with Crippen molar-refractivity contribution in [3.8, 4) is 0 Å². The summed E-state index contributed by atoms with van der Waals surface area (Å²) in [5.74, 6) is -0.618. The number of nitrogen functional groups attached to an aromatic ring is 1. The Morgan fingerprint density at radius 1 is 1.13 bits per heavy atom. The molecule has 0 aliphatic heterocycles. The van der Waals surface area contributed by atoms with Crippen LogP contribution < -0.4 is 21.9 Å². The molecule has 0 aromatic carbocycles. The summed E-state index contributed by atoms with van der Waals surface area (Å²) in [6, 6.07) is 0.322. The van der Waals surface area contributed by atoms with Gasteiger partial charge in [-0.1, -0.05) is 54.1 Å². The number of halogens is 3. The van der Waals surface area contributed by atoms with Crippen LogP contribution in [0.4, 0.5) is 5.69 Å². The number of nitrogens with one attached hydrogen (secondary N) is 3. The number of nitrogens with zero attached hydrogens (tertiary/aromatic N) is 1. The van der Waals surface area contributed by atoms with Gasteiger partial charge < -0.3 is 11.1 Å². The van der Waals surface area contributed by atoms with Crippen molar-refractivity contribution in [3.05, 3.63) is 20.9 Å². The molecule has 10 heteroatoms. The molecule has 1 aromatic heterocycles. The molecule has 1 aliphatic rings. The van der Waals surface area contributed by atoms with Gasteiger partial charge in [-0.05, 0) is 25.1 Å². The van der Waals surface area contributed by atoms with Crippen molar-refractivity contribution in [1.29, 1.82) is 0 Å². The highest BCUT2D eigenvalue weighted by atomic mass is 35.5. The molecule has 1 saturated carbocycles. The fourth-order valence-electron chi connectivity index (χ4n) is 2.32. The maximum absolute atomic E-state index is 12.1. The summed E-state index contributed by atoms with van der Waals surface area (Å²) in [7, 11) is 0. The molecule has 23 heavy (non-hydrogen) atoms. The van der Waals surface area contributed by atoms with E-state index in [0.717, 1.165) is 12.8 Å². The Labute approximate surface area is 154 Å². The highest BCUT2D eigenvalue weighted by Crippen LogP contribution is 2.34. The molecule has 0 bridgehead atoms. The predicted octanol–water partition coefficient (Wildman–Crippen LogP) is 3.07. The first-order valence-electron chi connectivity index (χ1n) is 7.07. The average molecular weight is 397 g/mol. The molecular weight excluding hydrogens is 381 g/mol. The van der Waals surface area contributed by atoms with Crippen LogP contribution >= 0.6 is 47.0 Å². The predicted molar refractivity (Wildman–Crippen MR) is 96.9 cm³/mol. The summed E-state index contributed by atoms with van der Waals surface area (Å²) in [5.41, 5.74) is 10.6. The van der Waals surface area contributed by atoms with Crippen LogP contribution in [0.2, 0.25) is 15.2 Å². The van der Waals surface area contributed by atoms with Crippen molar-refractivity contribution < 1.29 is 4.79 Å². The fraction of sp³-hybridized carbons (Fsp3) is 0.462. The number of hydrogen-bond acceptors (Lipinski definition) is 4. The molecule has 0 radical (unpaired) electrons. The molecule has 0 spiro atoms. The lowest BCUT2D eigenvalue weighted by atomic mass is 9.96. The number of amides is 1. The molecule has 0 saturated heterocycles. The first-order valence-corrected chi connectivity index (χ1v) is 8.61. The molecule has 1 amide bonds. The number of carbonyl (C=O) groups is 1. The van der Waals surface area contributed by atoms with Gasteiger partial charge in [-0.2, -0.15) is 0 Å². The monoisotopic (exact) mass is 395 g/mol. The van der Waals surface area contributed by atoms with E-state index in [-0.39, 0.29) is 26.6 Å². The molecule has 1 heterocycles. The smallest absolute Gasteiger partial charge is 0.289 e. The summed E-state index contributed by atoms with van der Waals surface area (Å²) in [4.78, 5) is 15.9. The van der Waals surface area contributed by atoms with E-state index in [1.165, 1.54) is 19.3 Å². The van der Waals surface area contributed by atoms with Crippen LogP contribution in [0, 0.1) is 0 Å². The van der Waals surface area contributed by atoms with E-state index >= 15 is 0 Å². The zero-order valence-corrected chi connectivity index (χ0v) is 15.2. The minimum atomic E-state index is -0.618. The zero-order chi connectivity index (χ0) is 17.0. The molecule has 2 rings (SSSR count). The van der Waals surface area contributed by atoms with Crippen LogP contribution in [-0.2, 0) is 0 Å². The Morgan fingerprint density at radius 3 is 2.43 bits per heavy atom. The number of pyridine rings is 1. The van der Waals surface area contributed by atoms with Crippen molar-refractivity contribution in [2.75, 3.05) is 5.73 Å². The molecule has 1 fully saturated rings. The van der Waals surface area contributed by atoms with Crippen LogP contribution in [0.5, 0.6) is 0 Å². The van der Waals surface area contributed by atoms with Crippen LogP contribution in [0.3, 0.4) is 0 Å². The number of rotatable bonds is 2. The number of anilines is 1. The minimum absolute atomic E-state index is 0.00129. The van der Waals surface area contributed by atoms with E-state index in [1.54, 1.807) is 0 Å².